The molecule has 1 aliphatic rings. The van der Waals surface area contributed by atoms with Crippen LogP contribution in [0.3, 0.4) is 0 Å². The molecule has 6 nitrogen and oxygen atoms in total. The molecule has 1 fully saturated rings. The number of carbonyl (C=O) groups is 2. The normalized spacial score (nSPS) is 19.0. The number of nitrogens with one attached hydrogen (secondary N) is 2. The second-order valence-electron chi connectivity index (χ2n) is 6.08. The molecule has 0 spiro atoms. The summed E-state index contributed by atoms with van der Waals surface area (Å²) in [5, 5.41) is 14.8. The molecular weight excluding hydrogens is 270 g/mol. The van der Waals surface area contributed by atoms with E-state index in [1.807, 2.05) is 0 Å². The van der Waals surface area contributed by atoms with Crippen molar-refractivity contribution in [3.63, 3.8) is 0 Å². The molecule has 1 amide bonds. The Balaban J connectivity index is 2.28. The first kappa shape index (κ1) is 17.9. The minimum atomic E-state index is -0.821. The van der Waals surface area contributed by atoms with Crippen LogP contribution in [0.15, 0.2) is 0 Å². The molecule has 1 heterocycles. The van der Waals surface area contributed by atoms with Crippen molar-refractivity contribution in [1.82, 2.24) is 15.5 Å². The Morgan fingerprint density at radius 1 is 1.43 bits per heavy atom. The largest absolute Gasteiger partial charge is 0.481 e. The van der Waals surface area contributed by atoms with Gasteiger partial charge in [0.2, 0.25) is 5.91 Å². The molecule has 6 heteroatoms. The van der Waals surface area contributed by atoms with Crippen molar-refractivity contribution in [1.29, 1.82) is 0 Å². The molecule has 21 heavy (non-hydrogen) atoms. The van der Waals surface area contributed by atoms with Gasteiger partial charge in [0.1, 0.15) is 0 Å². The Morgan fingerprint density at radius 3 is 2.76 bits per heavy atom. The van der Waals surface area contributed by atoms with Crippen LogP contribution in [0.25, 0.3) is 0 Å². The molecule has 0 saturated carbocycles. The van der Waals surface area contributed by atoms with Crippen molar-refractivity contribution in [3.05, 3.63) is 0 Å². The van der Waals surface area contributed by atoms with Gasteiger partial charge in [0.05, 0.1) is 6.54 Å². The summed E-state index contributed by atoms with van der Waals surface area (Å²) in [6.45, 7) is 8.10. The quantitative estimate of drug-likeness (QED) is 0.545. The number of carbonyl (C=O) groups excluding carboxylic acids is 1. The third-order valence-corrected chi connectivity index (χ3v) is 3.86. The van der Waals surface area contributed by atoms with E-state index in [-0.39, 0.29) is 12.3 Å². The maximum atomic E-state index is 11.9. The summed E-state index contributed by atoms with van der Waals surface area (Å²) in [6, 6.07) is 0.330. The minimum absolute atomic E-state index is 0.0159. The van der Waals surface area contributed by atoms with Crippen LogP contribution in [0, 0.1) is 5.92 Å². The number of rotatable bonds is 9. The minimum Gasteiger partial charge on any atom is -0.481 e. The zero-order valence-corrected chi connectivity index (χ0v) is 13.2. The van der Waals surface area contributed by atoms with E-state index < -0.39 is 5.97 Å². The highest BCUT2D eigenvalue weighted by atomic mass is 16.4. The lowest BCUT2D eigenvalue weighted by atomic mass is 9.98. The van der Waals surface area contributed by atoms with Gasteiger partial charge in [-0.2, -0.15) is 0 Å². The van der Waals surface area contributed by atoms with Gasteiger partial charge < -0.3 is 15.7 Å². The van der Waals surface area contributed by atoms with Crippen LogP contribution in [-0.4, -0.2) is 60.6 Å². The highest BCUT2D eigenvalue weighted by Gasteiger charge is 2.20. The molecule has 0 radical (unpaired) electrons. The highest BCUT2D eigenvalue weighted by molar-refractivity contribution is 5.78. The molecule has 1 unspecified atom stereocenters. The van der Waals surface area contributed by atoms with E-state index in [1.165, 1.54) is 12.8 Å². The molecule has 1 aliphatic heterocycles. The molecule has 1 saturated heterocycles. The molecular formula is C15H29N3O3. The first-order valence-corrected chi connectivity index (χ1v) is 7.92. The third-order valence-electron chi connectivity index (χ3n) is 3.86. The van der Waals surface area contributed by atoms with Gasteiger partial charge in [0.25, 0.3) is 0 Å². The fraction of sp³-hybridized carbons (Fsp3) is 0.867. The van der Waals surface area contributed by atoms with E-state index in [0.29, 0.717) is 31.5 Å². The van der Waals surface area contributed by atoms with Crippen molar-refractivity contribution < 1.29 is 14.7 Å². The van der Waals surface area contributed by atoms with Crippen molar-refractivity contribution in [2.45, 2.75) is 45.6 Å². The lowest BCUT2D eigenvalue weighted by molar-refractivity contribution is -0.137. The smallest absolute Gasteiger partial charge is 0.303 e. The zero-order valence-electron chi connectivity index (χ0n) is 13.2. The number of piperidine rings is 1. The molecule has 122 valence electrons. The number of hydrogen-bond donors (Lipinski definition) is 3. The van der Waals surface area contributed by atoms with Gasteiger partial charge in [-0.05, 0) is 52.1 Å². The summed E-state index contributed by atoms with van der Waals surface area (Å²) < 4.78 is 0. The average molecular weight is 299 g/mol. The fourth-order valence-electron chi connectivity index (χ4n) is 2.58. The summed E-state index contributed by atoms with van der Waals surface area (Å²) >= 11 is 0. The van der Waals surface area contributed by atoms with Gasteiger partial charge in [-0.3, -0.25) is 14.5 Å². The van der Waals surface area contributed by atoms with Crippen LogP contribution in [-0.2, 0) is 9.59 Å². The van der Waals surface area contributed by atoms with Crippen LogP contribution in [0.4, 0.5) is 0 Å². The van der Waals surface area contributed by atoms with Crippen LogP contribution in [0.5, 0.6) is 0 Å². The Labute approximate surface area is 127 Å². The molecule has 0 aromatic heterocycles. The van der Waals surface area contributed by atoms with E-state index in [0.717, 1.165) is 19.6 Å². The van der Waals surface area contributed by atoms with Crippen molar-refractivity contribution in [3.8, 4) is 0 Å². The first-order valence-electron chi connectivity index (χ1n) is 7.92. The number of carboxylic acids is 1. The van der Waals surface area contributed by atoms with Crippen LogP contribution in [0.2, 0.25) is 0 Å². The highest BCUT2D eigenvalue weighted by Crippen LogP contribution is 2.13. The number of nitrogens with zero attached hydrogens (tertiary/aromatic N) is 1. The summed E-state index contributed by atoms with van der Waals surface area (Å²) in [6.07, 6.45) is 3.01. The Hall–Kier alpha value is -1.14. The van der Waals surface area contributed by atoms with Gasteiger partial charge in [-0.25, -0.2) is 0 Å². The second kappa shape index (κ2) is 9.73. The lowest BCUT2D eigenvalue weighted by Gasteiger charge is -2.32. The van der Waals surface area contributed by atoms with Gasteiger partial charge in [0, 0.05) is 25.6 Å². The molecule has 0 aromatic carbocycles. The SMILES string of the molecule is CC(C)N(CC(=O)NCCCC(=O)O)CC1CCCNC1. The third kappa shape index (κ3) is 8.02. The maximum absolute atomic E-state index is 11.9. The van der Waals surface area contributed by atoms with Gasteiger partial charge >= 0.3 is 5.97 Å². The number of amides is 1. The van der Waals surface area contributed by atoms with Gasteiger partial charge in [-0.15, -0.1) is 0 Å². The molecule has 3 N–H and O–H groups in total. The number of carboxylic acid groups (broad SMARTS) is 1. The zero-order chi connectivity index (χ0) is 15.7. The van der Waals surface area contributed by atoms with Crippen molar-refractivity contribution >= 4 is 11.9 Å². The summed E-state index contributed by atoms with van der Waals surface area (Å²) in [4.78, 5) is 24.5. The summed E-state index contributed by atoms with van der Waals surface area (Å²) in [5.41, 5.74) is 0. The Bertz CT molecular complexity index is 328. The van der Waals surface area contributed by atoms with E-state index in [9.17, 15) is 9.59 Å². The Morgan fingerprint density at radius 2 is 2.19 bits per heavy atom. The second-order valence-corrected chi connectivity index (χ2v) is 6.08. The molecule has 0 bridgehead atoms. The Kier molecular flexibility index (Phi) is 8.30. The van der Waals surface area contributed by atoms with Crippen molar-refractivity contribution in [2.75, 3.05) is 32.7 Å². The predicted octanol–water partition coefficient (Wildman–Crippen LogP) is 0.677. The van der Waals surface area contributed by atoms with E-state index in [4.69, 9.17) is 5.11 Å². The number of hydrogen-bond acceptors (Lipinski definition) is 4. The van der Waals surface area contributed by atoms with E-state index >= 15 is 0 Å². The van der Waals surface area contributed by atoms with Crippen LogP contribution < -0.4 is 10.6 Å². The maximum Gasteiger partial charge on any atom is 0.303 e. The average Bonchev–Trinajstić information content (AvgIpc) is 2.44. The molecule has 1 atom stereocenters. The number of aliphatic carboxylic acids is 1. The first-order chi connectivity index (χ1) is 9.99. The fourth-order valence-corrected chi connectivity index (χ4v) is 2.58. The topological polar surface area (TPSA) is 81.7 Å². The van der Waals surface area contributed by atoms with E-state index in [1.54, 1.807) is 0 Å². The monoisotopic (exact) mass is 299 g/mol. The molecule has 0 aromatic rings. The summed E-state index contributed by atoms with van der Waals surface area (Å²) in [7, 11) is 0. The van der Waals surface area contributed by atoms with Crippen LogP contribution in [0.1, 0.15) is 39.5 Å². The van der Waals surface area contributed by atoms with Crippen LogP contribution >= 0.6 is 0 Å². The summed E-state index contributed by atoms with van der Waals surface area (Å²) in [5.74, 6) is -0.225. The predicted molar refractivity (Wildman–Crippen MR) is 82.2 cm³/mol. The van der Waals surface area contributed by atoms with Gasteiger partial charge in [-0.1, -0.05) is 0 Å². The molecule has 1 rings (SSSR count). The van der Waals surface area contributed by atoms with E-state index in [2.05, 4.69) is 29.4 Å². The lowest BCUT2D eigenvalue weighted by Crippen LogP contribution is -2.45. The molecule has 0 aliphatic carbocycles. The van der Waals surface area contributed by atoms with Crippen molar-refractivity contribution in [2.24, 2.45) is 5.92 Å². The van der Waals surface area contributed by atoms with Gasteiger partial charge in [0.15, 0.2) is 0 Å². The standard InChI is InChI=1S/C15H29N3O3/c1-12(2)18(10-13-5-3-7-16-9-13)11-14(19)17-8-4-6-15(20)21/h12-13,16H,3-11H2,1-2H3,(H,17,19)(H,20,21).